The van der Waals surface area contributed by atoms with Crippen LogP contribution in [0.2, 0.25) is 0 Å². The molecule has 0 radical (unpaired) electrons. The van der Waals surface area contributed by atoms with E-state index in [0.29, 0.717) is 18.7 Å². The molecule has 0 aromatic heterocycles. The summed E-state index contributed by atoms with van der Waals surface area (Å²) in [5.41, 5.74) is 0.449. The van der Waals surface area contributed by atoms with Crippen LogP contribution in [0.15, 0.2) is 24.3 Å². The Labute approximate surface area is 106 Å². The normalized spacial score (nSPS) is 11.6. The molecule has 0 aliphatic rings. The topological polar surface area (TPSA) is 64.9 Å². The molecule has 0 aliphatic heterocycles. The molecule has 1 unspecified atom stereocenters. The van der Waals surface area contributed by atoms with Gasteiger partial charge >= 0.3 is 0 Å². The van der Waals surface area contributed by atoms with Gasteiger partial charge in [-0.15, -0.1) is 0 Å². The number of hydrogen-bond acceptors (Lipinski definition) is 3. The first kappa shape index (κ1) is 14.1. The Morgan fingerprint density at radius 2 is 2.33 bits per heavy atom. The van der Waals surface area contributed by atoms with Crippen LogP contribution < -0.4 is 10.6 Å². The molecule has 0 saturated heterocycles. The lowest BCUT2D eigenvalue weighted by Crippen LogP contribution is -2.29. The Kier molecular flexibility index (Phi) is 5.81. The van der Waals surface area contributed by atoms with E-state index in [0.717, 1.165) is 0 Å². The minimum Gasteiger partial charge on any atom is -0.326 e. The lowest BCUT2D eigenvalue weighted by Gasteiger charge is -2.10. The number of nitrogens with zero attached hydrogens (tertiary/aromatic N) is 1. The van der Waals surface area contributed by atoms with Crippen molar-refractivity contribution < 1.29 is 9.18 Å². The molecule has 4 nitrogen and oxygen atoms in total. The van der Waals surface area contributed by atoms with E-state index in [9.17, 15) is 9.18 Å². The maximum absolute atomic E-state index is 12.9. The first-order valence-electron chi connectivity index (χ1n) is 5.77. The molecule has 18 heavy (non-hydrogen) atoms. The molecule has 0 bridgehead atoms. The molecular formula is C13H16FN3O. The van der Waals surface area contributed by atoms with Crippen LogP contribution in [-0.2, 0) is 4.79 Å². The summed E-state index contributed by atoms with van der Waals surface area (Å²) >= 11 is 0. The largest absolute Gasteiger partial charge is 0.326 e. The zero-order valence-electron chi connectivity index (χ0n) is 10.2. The van der Waals surface area contributed by atoms with E-state index in [1.165, 1.54) is 18.2 Å². The number of carbonyl (C=O) groups is 1. The van der Waals surface area contributed by atoms with Gasteiger partial charge in [-0.1, -0.05) is 6.07 Å². The second kappa shape index (κ2) is 7.41. The van der Waals surface area contributed by atoms with E-state index < -0.39 is 0 Å². The van der Waals surface area contributed by atoms with Gasteiger partial charge < -0.3 is 10.6 Å². The summed E-state index contributed by atoms with van der Waals surface area (Å²) in [5, 5.41) is 14.1. The average Bonchev–Trinajstić information content (AvgIpc) is 2.29. The molecule has 5 heteroatoms. The fourth-order valence-corrected chi connectivity index (χ4v) is 1.43. The van der Waals surface area contributed by atoms with Crippen LogP contribution in [0.4, 0.5) is 10.1 Å². The summed E-state index contributed by atoms with van der Waals surface area (Å²) in [6.07, 6.45) is 0.692. The van der Waals surface area contributed by atoms with Gasteiger partial charge in [0.2, 0.25) is 5.91 Å². The molecule has 0 fully saturated rings. The van der Waals surface area contributed by atoms with Gasteiger partial charge in [0.1, 0.15) is 5.82 Å². The van der Waals surface area contributed by atoms with E-state index in [2.05, 4.69) is 10.6 Å². The van der Waals surface area contributed by atoms with Crippen molar-refractivity contribution in [3.63, 3.8) is 0 Å². The molecule has 1 aromatic rings. The molecule has 0 aliphatic carbocycles. The molecule has 1 aromatic carbocycles. The Bertz CT molecular complexity index is 442. The summed E-state index contributed by atoms with van der Waals surface area (Å²) in [6.45, 7) is 2.37. The molecule has 0 saturated carbocycles. The Morgan fingerprint density at radius 1 is 1.56 bits per heavy atom. The Balaban J connectivity index is 2.28. The highest BCUT2D eigenvalue weighted by atomic mass is 19.1. The first-order valence-corrected chi connectivity index (χ1v) is 5.77. The van der Waals surface area contributed by atoms with Gasteiger partial charge in [-0.25, -0.2) is 4.39 Å². The molecule has 0 spiro atoms. The third kappa shape index (κ3) is 5.41. The van der Waals surface area contributed by atoms with Gasteiger partial charge in [0, 0.05) is 24.7 Å². The minimum atomic E-state index is -0.381. The summed E-state index contributed by atoms with van der Waals surface area (Å²) in [4.78, 5) is 11.5. The van der Waals surface area contributed by atoms with Crippen molar-refractivity contribution in [2.45, 2.75) is 25.8 Å². The van der Waals surface area contributed by atoms with Gasteiger partial charge in [-0.05, 0) is 25.1 Å². The minimum absolute atomic E-state index is 0.0666. The van der Waals surface area contributed by atoms with E-state index in [1.54, 1.807) is 6.07 Å². The predicted molar refractivity (Wildman–Crippen MR) is 67.3 cm³/mol. The second-order valence-electron chi connectivity index (χ2n) is 4.03. The third-order valence-electron chi connectivity index (χ3n) is 2.35. The van der Waals surface area contributed by atoms with Crippen LogP contribution in [0.1, 0.15) is 19.8 Å². The van der Waals surface area contributed by atoms with E-state index in [1.807, 2.05) is 13.0 Å². The van der Waals surface area contributed by atoms with Crippen molar-refractivity contribution in [3.8, 4) is 6.07 Å². The zero-order valence-corrected chi connectivity index (χ0v) is 10.2. The number of hydrogen-bond donors (Lipinski definition) is 2. The number of anilines is 1. The number of nitrogens with one attached hydrogen (secondary N) is 2. The van der Waals surface area contributed by atoms with E-state index >= 15 is 0 Å². The number of rotatable bonds is 6. The van der Waals surface area contributed by atoms with Gasteiger partial charge in [0.05, 0.1) is 12.5 Å². The zero-order chi connectivity index (χ0) is 13.4. The van der Waals surface area contributed by atoms with Crippen molar-refractivity contribution in [2.24, 2.45) is 0 Å². The highest BCUT2D eigenvalue weighted by Gasteiger charge is 2.04. The SMILES string of the molecule is CC(CC#N)NCCC(=O)Nc1cccc(F)c1. The van der Waals surface area contributed by atoms with E-state index in [-0.39, 0.29) is 24.2 Å². The van der Waals surface area contributed by atoms with Gasteiger partial charge in [-0.2, -0.15) is 5.26 Å². The van der Waals surface area contributed by atoms with Crippen molar-refractivity contribution in [2.75, 3.05) is 11.9 Å². The molecule has 2 N–H and O–H groups in total. The summed E-state index contributed by atoms with van der Waals surface area (Å²) in [6, 6.07) is 7.87. The smallest absolute Gasteiger partial charge is 0.225 e. The van der Waals surface area contributed by atoms with Crippen molar-refractivity contribution in [3.05, 3.63) is 30.1 Å². The maximum atomic E-state index is 12.9. The molecule has 96 valence electrons. The van der Waals surface area contributed by atoms with Crippen LogP contribution >= 0.6 is 0 Å². The van der Waals surface area contributed by atoms with Gasteiger partial charge in [0.15, 0.2) is 0 Å². The predicted octanol–water partition coefficient (Wildman–Crippen LogP) is 2.05. The number of nitriles is 1. The lowest BCUT2D eigenvalue weighted by atomic mass is 10.2. The molecule has 1 rings (SSSR count). The monoisotopic (exact) mass is 249 g/mol. The lowest BCUT2D eigenvalue weighted by molar-refractivity contribution is -0.116. The highest BCUT2D eigenvalue weighted by Crippen LogP contribution is 2.09. The van der Waals surface area contributed by atoms with Crippen LogP contribution in [0.5, 0.6) is 0 Å². The van der Waals surface area contributed by atoms with Gasteiger partial charge in [0.25, 0.3) is 0 Å². The number of carbonyl (C=O) groups excluding carboxylic acids is 1. The van der Waals surface area contributed by atoms with Crippen LogP contribution in [0, 0.1) is 17.1 Å². The van der Waals surface area contributed by atoms with E-state index in [4.69, 9.17) is 5.26 Å². The molecule has 0 heterocycles. The summed E-state index contributed by atoms with van der Waals surface area (Å²) in [7, 11) is 0. The van der Waals surface area contributed by atoms with Crippen LogP contribution in [-0.4, -0.2) is 18.5 Å². The standard InChI is InChI=1S/C13H16FN3O/c1-10(5-7-15)16-8-6-13(18)17-12-4-2-3-11(14)9-12/h2-4,9-10,16H,5-6,8H2,1H3,(H,17,18). The number of amides is 1. The van der Waals surface area contributed by atoms with Crippen molar-refractivity contribution in [1.82, 2.24) is 5.32 Å². The fourth-order valence-electron chi connectivity index (χ4n) is 1.43. The van der Waals surface area contributed by atoms with Gasteiger partial charge in [-0.3, -0.25) is 4.79 Å². The third-order valence-corrected chi connectivity index (χ3v) is 2.35. The average molecular weight is 249 g/mol. The molecular weight excluding hydrogens is 233 g/mol. The van der Waals surface area contributed by atoms with Crippen molar-refractivity contribution in [1.29, 1.82) is 5.26 Å². The quantitative estimate of drug-likeness (QED) is 0.811. The van der Waals surface area contributed by atoms with Crippen LogP contribution in [0.25, 0.3) is 0 Å². The first-order chi connectivity index (χ1) is 8.61. The number of benzene rings is 1. The molecule has 1 amide bonds. The highest BCUT2D eigenvalue weighted by molar-refractivity contribution is 5.90. The number of halogens is 1. The van der Waals surface area contributed by atoms with Crippen molar-refractivity contribution >= 4 is 11.6 Å². The molecule has 1 atom stereocenters. The summed E-state index contributed by atoms with van der Waals surface area (Å²) < 4.78 is 12.9. The second-order valence-corrected chi connectivity index (χ2v) is 4.03. The van der Waals surface area contributed by atoms with Crippen LogP contribution in [0.3, 0.4) is 0 Å². The Morgan fingerprint density at radius 3 is 3.00 bits per heavy atom. The summed E-state index contributed by atoms with van der Waals surface area (Å²) in [5.74, 6) is -0.564. The maximum Gasteiger partial charge on any atom is 0.225 e. The Hall–Kier alpha value is -1.93. The fraction of sp³-hybridized carbons (Fsp3) is 0.385.